The van der Waals surface area contributed by atoms with Gasteiger partial charge in [-0.3, -0.25) is 4.79 Å². The monoisotopic (exact) mass is 316 g/mol. The van der Waals surface area contributed by atoms with Crippen molar-refractivity contribution >= 4 is 33.2 Å². The number of hydrogen-bond donors (Lipinski definition) is 1. The topological polar surface area (TPSA) is 45.8 Å². The van der Waals surface area contributed by atoms with Crippen LogP contribution < -0.4 is 5.56 Å². The normalized spacial score (nSPS) is 14.3. The second-order valence-electron chi connectivity index (χ2n) is 5.32. The number of hydrogen-bond acceptors (Lipinski definition) is 3. The molecule has 4 rings (SSSR count). The molecule has 0 bridgehead atoms. The minimum atomic E-state index is -0.0330. The number of rotatable bonds is 1. The molecule has 0 saturated carbocycles. The van der Waals surface area contributed by atoms with Gasteiger partial charge >= 0.3 is 0 Å². The maximum absolute atomic E-state index is 12.5. The Kier molecular flexibility index (Phi) is 3.08. The van der Waals surface area contributed by atoms with E-state index < -0.39 is 0 Å². The van der Waals surface area contributed by atoms with Gasteiger partial charge in [0.25, 0.3) is 5.56 Å². The Morgan fingerprint density at radius 1 is 1.24 bits per heavy atom. The summed E-state index contributed by atoms with van der Waals surface area (Å²) in [5, 5.41) is 1.43. The lowest BCUT2D eigenvalue weighted by Gasteiger charge is -2.09. The minimum absolute atomic E-state index is 0.0330. The molecule has 1 aliphatic rings. The highest BCUT2D eigenvalue weighted by molar-refractivity contribution is 7.18. The van der Waals surface area contributed by atoms with Gasteiger partial charge in [0.2, 0.25) is 0 Å². The number of nitrogens with one attached hydrogen (secondary N) is 1. The van der Waals surface area contributed by atoms with Crippen LogP contribution in [0.5, 0.6) is 0 Å². The van der Waals surface area contributed by atoms with Gasteiger partial charge in [-0.15, -0.1) is 11.3 Å². The molecule has 106 valence electrons. The molecule has 2 aromatic heterocycles. The van der Waals surface area contributed by atoms with Crippen molar-refractivity contribution < 1.29 is 0 Å². The first-order valence-electron chi connectivity index (χ1n) is 7.03. The van der Waals surface area contributed by atoms with Crippen LogP contribution in [0.2, 0.25) is 5.02 Å². The summed E-state index contributed by atoms with van der Waals surface area (Å²) >= 11 is 7.68. The van der Waals surface area contributed by atoms with Crippen LogP contribution in [0.25, 0.3) is 21.6 Å². The third-order valence-electron chi connectivity index (χ3n) is 3.92. The van der Waals surface area contributed by atoms with Crippen molar-refractivity contribution in [2.75, 3.05) is 0 Å². The Morgan fingerprint density at radius 2 is 2.10 bits per heavy atom. The summed E-state index contributed by atoms with van der Waals surface area (Å²) in [7, 11) is 0. The summed E-state index contributed by atoms with van der Waals surface area (Å²) in [6.07, 6.45) is 4.44. The Balaban J connectivity index is 1.96. The van der Waals surface area contributed by atoms with E-state index >= 15 is 0 Å². The van der Waals surface area contributed by atoms with Gasteiger partial charge in [-0.2, -0.15) is 0 Å². The van der Waals surface area contributed by atoms with Gasteiger partial charge in [-0.25, -0.2) is 4.98 Å². The van der Waals surface area contributed by atoms with E-state index in [1.165, 1.54) is 16.9 Å². The number of thiophene rings is 1. The summed E-state index contributed by atoms with van der Waals surface area (Å²) in [6, 6.07) is 7.40. The lowest BCUT2D eigenvalue weighted by atomic mass is 9.97. The highest BCUT2D eigenvalue weighted by atomic mass is 35.5. The Morgan fingerprint density at radius 3 is 2.95 bits per heavy atom. The lowest BCUT2D eigenvalue weighted by molar-refractivity contribution is 0.700. The molecule has 1 N–H and O–H groups in total. The third-order valence-corrected chi connectivity index (χ3v) is 5.34. The van der Waals surface area contributed by atoms with Crippen LogP contribution in [0.3, 0.4) is 0 Å². The van der Waals surface area contributed by atoms with E-state index in [-0.39, 0.29) is 5.56 Å². The van der Waals surface area contributed by atoms with Crippen LogP contribution >= 0.6 is 22.9 Å². The summed E-state index contributed by atoms with van der Waals surface area (Å²) in [5.74, 6) is 0.591. The summed E-state index contributed by atoms with van der Waals surface area (Å²) in [5.41, 5.74) is 2.02. The van der Waals surface area contributed by atoms with E-state index in [0.29, 0.717) is 10.8 Å². The van der Waals surface area contributed by atoms with Gasteiger partial charge in [0.15, 0.2) is 0 Å². The first kappa shape index (κ1) is 13.0. The predicted octanol–water partition coefficient (Wildman–Crippen LogP) is 4.18. The zero-order valence-electron chi connectivity index (χ0n) is 11.3. The Hall–Kier alpha value is -1.65. The van der Waals surface area contributed by atoms with E-state index in [1.807, 2.05) is 24.3 Å². The fourth-order valence-electron chi connectivity index (χ4n) is 2.94. The molecule has 3 nitrogen and oxygen atoms in total. The Labute approximate surface area is 130 Å². The van der Waals surface area contributed by atoms with E-state index in [9.17, 15) is 4.79 Å². The lowest BCUT2D eigenvalue weighted by Crippen LogP contribution is -2.11. The molecule has 0 fully saturated rings. The molecule has 0 saturated heterocycles. The molecule has 0 radical (unpaired) electrons. The summed E-state index contributed by atoms with van der Waals surface area (Å²) in [6.45, 7) is 0. The molecule has 1 aromatic carbocycles. The first-order chi connectivity index (χ1) is 10.2. The smallest absolute Gasteiger partial charge is 0.260 e. The van der Waals surface area contributed by atoms with Crippen molar-refractivity contribution in [2.24, 2.45) is 0 Å². The average Bonchev–Trinajstić information content (AvgIpc) is 2.86. The van der Waals surface area contributed by atoms with Crippen molar-refractivity contribution in [1.82, 2.24) is 9.97 Å². The molecular weight excluding hydrogens is 304 g/mol. The molecule has 1 aliphatic carbocycles. The SMILES string of the molecule is O=c1[nH]c(-c2cccc(Cl)c2)nc2sc3c(c12)CCCC3. The van der Waals surface area contributed by atoms with Crippen molar-refractivity contribution in [3.63, 3.8) is 0 Å². The largest absolute Gasteiger partial charge is 0.306 e. The quantitative estimate of drug-likeness (QED) is 0.732. The number of aromatic amines is 1. The van der Waals surface area contributed by atoms with E-state index in [0.717, 1.165) is 35.0 Å². The maximum atomic E-state index is 12.5. The van der Waals surface area contributed by atoms with Crippen LogP contribution in [-0.4, -0.2) is 9.97 Å². The predicted molar refractivity (Wildman–Crippen MR) is 87.3 cm³/mol. The molecule has 0 spiro atoms. The number of nitrogens with zero attached hydrogens (tertiary/aromatic N) is 1. The van der Waals surface area contributed by atoms with Gasteiger partial charge in [-0.1, -0.05) is 23.7 Å². The summed E-state index contributed by atoms with van der Waals surface area (Å²) < 4.78 is 0. The van der Waals surface area contributed by atoms with Gasteiger partial charge in [0.05, 0.1) is 5.39 Å². The zero-order valence-corrected chi connectivity index (χ0v) is 12.9. The van der Waals surface area contributed by atoms with Crippen LogP contribution in [0.4, 0.5) is 0 Å². The van der Waals surface area contributed by atoms with Crippen molar-refractivity contribution in [3.05, 3.63) is 50.1 Å². The molecule has 0 atom stereocenters. The number of H-pyrrole nitrogens is 1. The van der Waals surface area contributed by atoms with E-state index in [4.69, 9.17) is 11.6 Å². The second kappa shape index (κ2) is 4.97. The number of aryl methyl sites for hydroxylation is 2. The Bertz CT molecular complexity index is 897. The number of halogens is 1. The van der Waals surface area contributed by atoms with Gasteiger partial charge in [0, 0.05) is 15.5 Å². The number of benzene rings is 1. The summed E-state index contributed by atoms with van der Waals surface area (Å²) in [4.78, 5) is 22.2. The molecule has 0 unspecified atom stereocenters. The fraction of sp³-hybridized carbons (Fsp3) is 0.250. The standard InChI is InChI=1S/C16H13ClN2OS/c17-10-5-3-4-9(8-10)14-18-15(20)13-11-6-1-2-7-12(11)21-16(13)19-14/h3-5,8H,1-2,6-7H2,(H,18,19,20). The molecule has 0 amide bonds. The first-order valence-corrected chi connectivity index (χ1v) is 8.22. The van der Waals surface area contributed by atoms with Gasteiger partial charge in [-0.05, 0) is 43.4 Å². The molecule has 0 aliphatic heterocycles. The van der Waals surface area contributed by atoms with Gasteiger partial charge < -0.3 is 4.98 Å². The second-order valence-corrected chi connectivity index (χ2v) is 6.84. The number of fused-ring (bicyclic) bond motifs is 3. The zero-order chi connectivity index (χ0) is 14.4. The van der Waals surface area contributed by atoms with Crippen LogP contribution in [0.1, 0.15) is 23.3 Å². The van der Waals surface area contributed by atoms with Crippen molar-refractivity contribution in [3.8, 4) is 11.4 Å². The third kappa shape index (κ3) is 2.19. The minimum Gasteiger partial charge on any atom is -0.306 e. The fourth-order valence-corrected chi connectivity index (χ4v) is 4.39. The van der Waals surface area contributed by atoms with Crippen LogP contribution in [-0.2, 0) is 12.8 Å². The van der Waals surface area contributed by atoms with Crippen molar-refractivity contribution in [1.29, 1.82) is 0 Å². The van der Waals surface area contributed by atoms with Crippen LogP contribution in [0, 0.1) is 0 Å². The molecule has 3 aromatic rings. The molecular formula is C16H13ClN2OS. The van der Waals surface area contributed by atoms with E-state index in [2.05, 4.69) is 9.97 Å². The van der Waals surface area contributed by atoms with Crippen molar-refractivity contribution in [2.45, 2.75) is 25.7 Å². The number of aromatic nitrogens is 2. The molecule has 5 heteroatoms. The highest BCUT2D eigenvalue weighted by Gasteiger charge is 2.19. The molecule has 21 heavy (non-hydrogen) atoms. The van der Waals surface area contributed by atoms with E-state index in [1.54, 1.807) is 11.3 Å². The maximum Gasteiger partial charge on any atom is 0.260 e. The highest BCUT2D eigenvalue weighted by Crippen LogP contribution is 2.34. The van der Waals surface area contributed by atoms with Gasteiger partial charge in [0.1, 0.15) is 10.7 Å². The molecule has 2 heterocycles. The van der Waals surface area contributed by atoms with Crippen LogP contribution in [0.15, 0.2) is 29.1 Å². The average molecular weight is 317 g/mol.